The number of carbonyl (C=O) groups is 1. The van der Waals surface area contributed by atoms with Gasteiger partial charge in [0.05, 0.1) is 7.11 Å². The van der Waals surface area contributed by atoms with Crippen molar-refractivity contribution >= 4 is 5.97 Å². The molecule has 1 atom stereocenters. The number of hydrogen-bond donors (Lipinski definition) is 2. The van der Waals surface area contributed by atoms with Crippen LogP contribution in [-0.4, -0.2) is 24.2 Å². The van der Waals surface area contributed by atoms with E-state index in [2.05, 4.69) is 0 Å². The van der Waals surface area contributed by atoms with E-state index in [0.29, 0.717) is 5.75 Å². The normalized spacial score (nSPS) is 12.2. The quantitative estimate of drug-likeness (QED) is 0.807. The van der Waals surface area contributed by atoms with Gasteiger partial charge in [-0.15, -0.1) is 0 Å². The highest BCUT2D eigenvalue weighted by molar-refractivity contribution is 5.73. The molecule has 0 saturated carbocycles. The minimum Gasteiger partial charge on any atom is -0.496 e. The minimum atomic E-state index is -1.15. The summed E-state index contributed by atoms with van der Waals surface area (Å²) in [5.41, 5.74) is 6.37. The third-order valence-electron chi connectivity index (χ3n) is 2.32. The molecule has 0 spiro atoms. The van der Waals surface area contributed by atoms with E-state index < -0.39 is 17.8 Å². The monoisotopic (exact) mass is 227 g/mol. The fraction of sp³-hybridized carbons (Fsp3) is 0.364. The molecular weight excluding hydrogens is 213 g/mol. The Hall–Kier alpha value is -1.62. The van der Waals surface area contributed by atoms with Gasteiger partial charge in [0, 0.05) is 12.5 Å². The number of ether oxygens (including phenoxy) is 1. The van der Waals surface area contributed by atoms with Crippen molar-refractivity contribution in [2.45, 2.75) is 19.4 Å². The second-order valence-electron chi connectivity index (χ2n) is 3.56. The second-order valence-corrected chi connectivity index (χ2v) is 3.56. The smallest absolute Gasteiger partial charge is 0.320 e. The Balaban J connectivity index is 2.98. The summed E-state index contributed by atoms with van der Waals surface area (Å²) in [5, 5.41) is 8.63. The molecule has 16 heavy (non-hydrogen) atoms. The van der Waals surface area contributed by atoms with Crippen molar-refractivity contribution in [2.24, 2.45) is 5.73 Å². The second kappa shape index (κ2) is 4.94. The van der Waals surface area contributed by atoms with Crippen LogP contribution >= 0.6 is 0 Å². The van der Waals surface area contributed by atoms with E-state index in [1.165, 1.54) is 13.2 Å². The summed E-state index contributed by atoms with van der Waals surface area (Å²) in [6.07, 6.45) is -0.0357. The van der Waals surface area contributed by atoms with Crippen molar-refractivity contribution in [1.29, 1.82) is 0 Å². The first-order valence-corrected chi connectivity index (χ1v) is 4.77. The average molecular weight is 227 g/mol. The number of aryl methyl sites for hydroxylation is 1. The zero-order chi connectivity index (χ0) is 12.3. The van der Waals surface area contributed by atoms with Crippen LogP contribution in [0.5, 0.6) is 5.75 Å². The fourth-order valence-electron chi connectivity index (χ4n) is 1.42. The zero-order valence-electron chi connectivity index (χ0n) is 9.16. The van der Waals surface area contributed by atoms with Gasteiger partial charge in [0.2, 0.25) is 0 Å². The number of methoxy groups -OCH3 is 1. The van der Waals surface area contributed by atoms with Crippen LogP contribution in [0.3, 0.4) is 0 Å². The molecule has 1 unspecified atom stereocenters. The molecule has 0 radical (unpaired) electrons. The van der Waals surface area contributed by atoms with Gasteiger partial charge >= 0.3 is 5.97 Å². The molecule has 0 aromatic heterocycles. The average Bonchev–Trinajstić information content (AvgIpc) is 2.22. The van der Waals surface area contributed by atoms with Crippen LogP contribution in [0.25, 0.3) is 0 Å². The van der Waals surface area contributed by atoms with Gasteiger partial charge in [-0.3, -0.25) is 4.79 Å². The van der Waals surface area contributed by atoms with Gasteiger partial charge in [0.25, 0.3) is 0 Å². The Kier molecular flexibility index (Phi) is 3.84. The summed E-state index contributed by atoms with van der Waals surface area (Å²) in [6, 6.07) is 1.69. The number of carboxylic acid groups (broad SMARTS) is 1. The van der Waals surface area contributed by atoms with E-state index in [-0.39, 0.29) is 12.0 Å². The number of nitrogens with two attached hydrogens (primary N) is 1. The molecule has 0 heterocycles. The van der Waals surface area contributed by atoms with Gasteiger partial charge in [0.15, 0.2) is 0 Å². The first-order valence-electron chi connectivity index (χ1n) is 4.77. The largest absolute Gasteiger partial charge is 0.496 e. The molecule has 3 N–H and O–H groups in total. The fourth-order valence-corrected chi connectivity index (χ4v) is 1.42. The van der Waals surface area contributed by atoms with E-state index >= 15 is 0 Å². The highest BCUT2D eigenvalue weighted by Crippen LogP contribution is 2.22. The number of halogens is 1. The summed E-state index contributed by atoms with van der Waals surface area (Å²) >= 11 is 0. The Morgan fingerprint density at radius 2 is 2.25 bits per heavy atom. The van der Waals surface area contributed by atoms with E-state index in [4.69, 9.17) is 15.6 Å². The molecule has 5 heteroatoms. The van der Waals surface area contributed by atoms with E-state index in [1.807, 2.05) is 0 Å². The molecule has 0 aliphatic carbocycles. The van der Waals surface area contributed by atoms with Crippen molar-refractivity contribution in [1.82, 2.24) is 0 Å². The lowest BCUT2D eigenvalue weighted by atomic mass is 10.0. The topological polar surface area (TPSA) is 72.5 Å². The van der Waals surface area contributed by atoms with Crippen LogP contribution in [0.1, 0.15) is 11.1 Å². The molecule has 0 amide bonds. The van der Waals surface area contributed by atoms with Gasteiger partial charge < -0.3 is 15.6 Å². The number of hydrogen-bond acceptors (Lipinski definition) is 3. The molecule has 0 saturated heterocycles. The van der Waals surface area contributed by atoms with Crippen LogP contribution in [-0.2, 0) is 11.2 Å². The predicted octanol–water partition coefficient (Wildman–Crippen LogP) is 1.10. The zero-order valence-corrected chi connectivity index (χ0v) is 9.16. The first-order chi connectivity index (χ1) is 7.45. The van der Waals surface area contributed by atoms with Gasteiger partial charge in [-0.05, 0) is 24.1 Å². The maximum atomic E-state index is 13.5. The number of benzene rings is 1. The van der Waals surface area contributed by atoms with Crippen molar-refractivity contribution in [2.75, 3.05) is 7.11 Å². The number of aliphatic carboxylic acids is 1. The number of carboxylic acids is 1. The molecule has 1 aromatic carbocycles. The molecule has 88 valence electrons. The van der Waals surface area contributed by atoms with Crippen LogP contribution in [0.2, 0.25) is 0 Å². The Morgan fingerprint density at radius 3 is 2.75 bits per heavy atom. The highest BCUT2D eigenvalue weighted by atomic mass is 19.1. The molecular formula is C11H14FNO3. The van der Waals surface area contributed by atoms with Crippen LogP contribution in [0, 0.1) is 12.7 Å². The molecule has 0 aliphatic heterocycles. The summed E-state index contributed by atoms with van der Waals surface area (Å²) in [7, 11) is 1.45. The lowest BCUT2D eigenvalue weighted by molar-refractivity contribution is -0.138. The maximum Gasteiger partial charge on any atom is 0.320 e. The van der Waals surface area contributed by atoms with E-state index in [1.54, 1.807) is 13.0 Å². The predicted molar refractivity (Wildman–Crippen MR) is 57.0 cm³/mol. The Labute approximate surface area is 92.8 Å². The molecule has 0 bridgehead atoms. The van der Waals surface area contributed by atoms with E-state index in [9.17, 15) is 9.18 Å². The summed E-state index contributed by atoms with van der Waals surface area (Å²) in [4.78, 5) is 10.6. The highest BCUT2D eigenvalue weighted by Gasteiger charge is 2.16. The molecule has 1 rings (SSSR count). The molecule has 0 fully saturated rings. The van der Waals surface area contributed by atoms with Crippen molar-refractivity contribution in [3.63, 3.8) is 0 Å². The van der Waals surface area contributed by atoms with Gasteiger partial charge in [-0.1, -0.05) is 0 Å². The molecule has 1 aromatic rings. The van der Waals surface area contributed by atoms with Crippen molar-refractivity contribution in [3.8, 4) is 5.75 Å². The number of rotatable bonds is 4. The summed E-state index contributed by atoms with van der Waals surface area (Å²) < 4.78 is 18.5. The van der Waals surface area contributed by atoms with Gasteiger partial charge in [-0.2, -0.15) is 0 Å². The summed E-state index contributed by atoms with van der Waals surface area (Å²) in [5.74, 6) is -1.21. The van der Waals surface area contributed by atoms with Gasteiger partial charge in [-0.25, -0.2) is 4.39 Å². The van der Waals surface area contributed by atoms with Crippen LogP contribution in [0.15, 0.2) is 12.1 Å². The lowest BCUT2D eigenvalue weighted by Gasteiger charge is -2.11. The minimum absolute atomic E-state index is 0.0357. The SMILES string of the molecule is COc1cc(F)c(CC(N)C(=O)O)cc1C. The van der Waals surface area contributed by atoms with Crippen molar-refractivity contribution in [3.05, 3.63) is 29.1 Å². The standard InChI is InChI=1S/C11H14FNO3/c1-6-3-7(4-9(13)11(14)15)8(12)5-10(6)16-2/h3,5,9H,4,13H2,1-2H3,(H,14,15). The summed E-state index contributed by atoms with van der Waals surface area (Å²) in [6.45, 7) is 1.76. The molecule has 0 aliphatic rings. The third kappa shape index (κ3) is 2.70. The van der Waals surface area contributed by atoms with Crippen LogP contribution in [0.4, 0.5) is 4.39 Å². The lowest BCUT2D eigenvalue weighted by Crippen LogP contribution is -2.32. The van der Waals surface area contributed by atoms with E-state index in [0.717, 1.165) is 5.56 Å². The maximum absolute atomic E-state index is 13.5. The third-order valence-corrected chi connectivity index (χ3v) is 2.32. The Morgan fingerprint density at radius 1 is 1.62 bits per heavy atom. The van der Waals surface area contributed by atoms with Crippen molar-refractivity contribution < 1.29 is 19.0 Å². The first kappa shape index (κ1) is 12.4. The van der Waals surface area contributed by atoms with Crippen LogP contribution < -0.4 is 10.5 Å². The Bertz CT molecular complexity index is 406. The molecule has 4 nitrogen and oxygen atoms in total. The van der Waals surface area contributed by atoms with Gasteiger partial charge in [0.1, 0.15) is 17.6 Å².